The van der Waals surface area contributed by atoms with Crippen LogP contribution in [0, 0.1) is 12.8 Å². The lowest BCUT2D eigenvalue weighted by Gasteiger charge is -2.14. The number of nitrogens with one attached hydrogen (secondary N) is 2. The maximum atomic E-state index is 13.6. The minimum absolute atomic E-state index is 0.155. The number of fused-ring (bicyclic) bond motifs is 1. The third kappa shape index (κ3) is 5.98. The molecule has 200 valence electrons. The number of benzene rings is 1. The van der Waals surface area contributed by atoms with Crippen molar-refractivity contribution in [3.05, 3.63) is 87.4 Å². The van der Waals surface area contributed by atoms with Crippen molar-refractivity contribution in [2.75, 3.05) is 6.61 Å². The van der Waals surface area contributed by atoms with Gasteiger partial charge in [-0.3, -0.25) is 14.0 Å². The van der Waals surface area contributed by atoms with E-state index in [1.165, 1.54) is 0 Å². The van der Waals surface area contributed by atoms with Crippen LogP contribution in [0.15, 0.2) is 53.6 Å². The van der Waals surface area contributed by atoms with Gasteiger partial charge in [0.05, 0.1) is 17.8 Å². The lowest BCUT2D eigenvalue weighted by molar-refractivity contribution is 0.0944. The second-order valence-corrected chi connectivity index (χ2v) is 10.6. The Bertz CT molecular complexity index is 1480. The molecule has 0 saturated heterocycles. The van der Waals surface area contributed by atoms with Crippen LogP contribution in [0.2, 0.25) is 0 Å². The fraction of sp³-hybridized carbons (Fsp3) is 0.387. The predicted octanol–water partition coefficient (Wildman–Crippen LogP) is 6.04. The van der Waals surface area contributed by atoms with E-state index in [1.807, 2.05) is 47.7 Å². The molecule has 0 unspecified atom stereocenters. The van der Waals surface area contributed by atoms with Crippen LogP contribution in [-0.2, 0) is 13.0 Å². The lowest BCUT2D eigenvalue weighted by atomic mass is 10.0. The van der Waals surface area contributed by atoms with E-state index >= 15 is 0 Å². The number of carbonyl (C=O) groups is 1. The van der Waals surface area contributed by atoms with Gasteiger partial charge in [-0.1, -0.05) is 53.2 Å². The van der Waals surface area contributed by atoms with E-state index in [2.05, 4.69) is 56.0 Å². The van der Waals surface area contributed by atoms with Crippen LogP contribution in [0.1, 0.15) is 80.0 Å². The minimum atomic E-state index is -0.260. The van der Waals surface area contributed by atoms with Gasteiger partial charge in [-0.15, -0.1) is 0 Å². The Morgan fingerprint density at radius 3 is 2.47 bits per heavy atom. The molecular formula is C31H38N4O3. The number of carbonyl (C=O) groups excluding carboxylic acids is 1. The zero-order valence-corrected chi connectivity index (χ0v) is 23.2. The summed E-state index contributed by atoms with van der Waals surface area (Å²) in [5.41, 5.74) is 6.43. The zero-order chi connectivity index (χ0) is 27.4. The number of ether oxygens (including phenoxy) is 1. The molecule has 2 N–H and O–H groups in total. The second-order valence-electron chi connectivity index (χ2n) is 10.6. The third-order valence-corrected chi connectivity index (χ3v) is 6.54. The van der Waals surface area contributed by atoms with E-state index < -0.39 is 0 Å². The SMILES string of the molecule is CCCc1cc(C)[nH]c(=O)c1CNC(=O)c1cc(-c2ccc(OCC(C)C)cc2)cc2c(C(C)C)ncn12. The van der Waals surface area contributed by atoms with Crippen molar-refractivity contribution in [1.29, 1.82) is 0 Å². The number of aryl methyl sites for hydroxylation is 2. The molecule has 0 spiro atoms. The van der Waals surface area contributed by atoms with Gasteiger partial charge in [0.2, 0.25) is 0 Å². The van der Waals surface area contributed by atoms with Gasteiger partial charge in [-0.25, -0.2) is 4.98 Å². The first-order valence-electron chi connectivity index (χ1n) is 13.4. The molecule has 4 aromatic rings. The van der Waals surface area contributed by atoms with Crippen LogP contribution in [0.25, 0.3) is 16.6 Å². The summed E-state index contributed by atoms with van der Waals surface area (Å²) in [4.78, 5) is 33.7. The van der Waals surface area contributed by atoms with Gasteiger partial charge in [0.1, 0.15) is 17.8 Å². The first-order valence-corrected chi connectivity index (χ1v) is 13.4. The van der Waals surface area contributed by atoms with E-state index in [0.717, 1.165) is 52.2 Å². The Morgan fingerprint density at radius 2 is 1.82 bits per heavy atom. The molecule has 0 radical (unpaired) electrons. The lowest BCUT2D eigenvalue weighted by Crippen LogP contribution is -2.29. The van der Waals surface area contributed by atoms with Crippen molar-refractivity contribution in [3.63, 3.8) is 0 Å². The highest BCUT2D eigenvalue weighted by Gasteiger charge is 2.18. The van der Waals surface area contributed by atoms with Crippen molar-refractivity contribution in [3.8, 4) is 16.9 Å². The van der Waals surface area contributed by atoms with Crippen molar-refractivity contribution in [2.24, 2.45) is 5.92 Å². The molecule has 0 bridgehead atoms. The quantitative estimate of drug-likeness (QED) is 0.270. The van der Waals surface area contributed by atoms with Crippen molar-refractivity contribution in [1.82, 2.24) is 19.7 Å². The fourth-order valence-corrected chi connectivity index (χ4v) is 4.64. The molecule has 4 rings (SSSR count). The molecule has 0 aliphatic carbocycles. The normalized spacial score (nSPS) is 11.5. The summed E-state index contributed by atoms with van der Waals surface area (Å²) in [6.07, 6.45) is 3.40. The Kier molecular flexibility index (Phi) is 8.35. The van der Waals surface area contributed by atoms with Crippen LogP contribution in [0.3, 0.4) is 0 Å². The largest absolute Gasteiger partial charge is 0.493 e. The summed E-state index contributed by atoms with van der Waals surface area (Å²) < 4.78 is 7.67. The zero-order valence-electron chi connectivity index (χ0n) is 23.2. The first kappa shape index (κ1) is 27.2. The number of H-pyrrole nitrogens is 1. The van der Waals surface area contributed by atoms with Gasteiger partial charge in [-0.2, -0.15) is 0 Å². The van der Waals surface area contributed by atoms with Gasteiger partial charge in [-0.05, 0) is 72.2 Å². The average Bonchev–Trinajstić information content (AvgIpc) is 3.31. The number of hydrogen-bond acceptors (Lipinski definition) is 4. The Morgan fingerprint density at radius 1 is 1.08 bits per heavy atom. The maximum Gasteiger partial charge on any atom is 0.268 e. The Hall–Kier alpha value is -3.87. The summed E-state index contributed by atoms with van der Waals surface area (Å²) in [5, 5.41) is 2.99. The Balaban J connectivity index is 1.69. The summed E-state index contributed by atoms with van der Waals surface area (Å²) in [7, 11) is 0. The number of rotatable bonds is 10. The van der Waals surface area contributed by atoms with Crippen LogP contribution >= 0.6 is 0 Å². The summed E-state index contributed by atoms with van der Waals surface area (Å²) in [6.45, 7) is 13.2. The average molecular weight is 515 g/mol. The highest BCUT2D eigenvalue weighted by atomic mass is 16.5. The van der Waals surface area contributed by atoms with Crippen molar-refractivity contribution < 1.29 is 9.53 Å². The van der Waals surface area contributed by atoms with E-state index in [-0.39, 0.29) is 23.9 Å². The molecule has 7 nitrogen and oxygen atoms in total. The van der Waals surface area contributed by atoms with Crippen molar-refractivity contribution >= 4 is 11.4 Å². The van der Waals surface area contributed by atoms with Gasteiger partial charge in [0.15, 0.2) is 0 Å². The molecular weight excluding hydrogens is 476 g/mol. The van der Waals surface area contributed by atoms with Crippen LogP contribution < -0.4 is 15.6 Å². The number of hydrogen-bond donors (Lipinski definition) is 2. The topological polar surface area (TPSA) is 88.5 Å². The monoisotopic (exact) mass is 514 g/mol. The molecule has 1 amide bonds. The molecule has 3 heterocycles. The summed E-state index contributed by atoms with van der Waals surface area (Å²) >= 11 is 0. The van der Waals surface area contributed by atoms with Crippen LogP contribution in [0.5, 0.6) is 5.75 Å². The molecule has 3 aromatic heterocycles. The second kappa shape index (κ2) is 11.7. The van der Waals surface area contributed by atoms with E-state index in [9.17, 15) is 9.59 Å². The molecule has 0 saturated carbocycles. The van der Waals surface area contributed by atoms with Gasteiger partial charge < -0.3 is 15.0 Å². The van der Waals surface area contributed by atoms with Gasteiger partial charge >= 0.3 is 0 Å². The molecule has 0 aliphatic rings. The van der Waals surface area contributed by atoms with E-state index in [0.29, 0.717) is 23.8 Å². The third-order valence-electron chi connectivity index (χ3n) is 6.54. The molecule has 1 aromatic carbocycles. The number of aromatic nitrogens is 3. The number of pyridine rings is 2. The highest BCUT2D eigenvalue weighted by Crippen LogP contribution is 2.29. The number of amides is 1. The first-order chi connectivity index (χ1) is 18.2. The highest BCUT2D eigenvalue weighted by molar-refractivity contribution is 5.95. The number of imidazole rings is 1. The Labute approximate surface area is 224 Å². The molecule has 7 heteroatoms. The van der Waals surface area contributed by atoms with Crippen LogP contribution in [-0.4, -0.2) is 26.9 Å². The molecule has 0 aliphatic heterocycles. The van der Waals surface area contributed by atoms with Crippen molar-refractivity contribution in [2.45, 2.75) is 66.8 Å². The number of nitrogens with zero attached hydrogens (tertiary/aromatic N) is 2. The minimum Gasteiger partial charge on any atom is -0.493 e. The molecule has 0 atom stereocenters. The number of aromatic amines is 1. The fourth-order valence-electron chi connectivity index (χ4n) is 4.64. The van der Waals surface area contributed by atoms with Gasteiger partial charge in [0.25, 0.3) is 11.5 Å². The molecule has 0 fully saturated rings. The predicted molar refractivity (Wildman–Crippen MR) is 152 cm³/mol. The van der Waals surface area contributed by atoms with E-state index in [4.69, 9.17) is 4.74 Å². The maximum absolute atomic E-state index is 13.6. The van der Waals surface area contributed by atoms with E-state index in [1.54, 1.807) is 6.33 Å². The summed E-state index contributed by atoms with van der Waals surface area (Å²) in [6, 6.07) is 13.9. The molecule has 38 heavy (non-hydrogen) atoms. The smallest absolute Gasteiger partial charge is 0.268 e. The van der Waals surface area contributed by atoms with Gasteiger partial charge in [0, 0.05) is 17.8 Å². The standard InChI is InChI=1S/C31H38N4O3/c1-7-8-23-13-21(6)34-30(36)26(23)16-32-31(37)28-15-24(14-27-29(20(4)5)33-18-35(27)28)22-9-11-25(12-10-22)38-17-19(2)3/h9-15,18-20H,7-8,16-17H2,1-6H3,(H,32,37)(H,34,36). The summed E-state index contributed by atoms with van der Waals surface area (Å²) in [5.74, 6) is 1.20. The van der Waals surface area contributed by atoms with Crippen LogP contribution in [0.4, 0.5) is 0 Å².